The summed E-state index contributed by atoms with van der Waals surface area (Å²) in [5.74, 6) is -1.98. The van der Waals surface area contributed by atoms with Gasteiger partial charge in [-0.1, -0.05) is 123 Å². The van der Waals surface area contributed by atoms with Crippen LogP contribution in [0.15, 0.2) is 0 Å². The number of hydrogen-bond acceptors (Lipinski definition) is 11. The van der Waals surface area contributed by atoms with Gasteiger partial charge in [-0.25, -0.2) is 0 Å². The van der Waals surface area contributed by atoms with Crippen LogP contribution in [0.1, 0.15) is 149 Å². The summed E-state index contributed by atoms with van der Waals surface area (Å²) >= 11 is 0. The highest BCUT2D eigenvalue weighted by atomic mass is 32.2. The van der Waals surface area contributed by atoms with E-state index >= 15 is 0 Å². The number of aliphatic hydroxyl groups is 3. The van der Waals surface area contributed by atoms with E-state index in [9.17, 15) is 33.3 Å². The summed E-state index contributed by atoms with van der Waals surface area (Å²) in [6.07, 6.45) is 12.0. The SMILES string of the molecule is CCCCCCCCCCCCCCC(=O)OC[C@H](CO[C@@H]1O[C@H](CS(=O)(=O)O)[C@@H](O)[C@H](O)[C@H]1O)OC(=O)CCCCCCCCC. The normalized spacial score (nSPS) is 22.2. The van der Waals surface area contributed by atoms with Crippen molar-refractivity contribution < 1.29 is 56.8 Å². The minimum atomic E-state index is -4.59. The largest absolute Gasteiger partial charge is 0.462 e. The Kier molecular flexibility index (Phi) is 24.6. The molecule has 0 spiro atoms. The molecule has 12 nitrogen and oxygen atoms in total. The molecule has 13 heteroatoms. The molecule has 47 heavy (non-hydrogen) atoms. The van der Waals surface area contributed by atoms with Crippen LogP contribution in [0.25, 0.3) is 0 Å². The summed E-state index contributed by atoms with van der Waals surface area (Å²) in [4.78, 5) is 25.0. The third kappa shape index (κ3) is 22.1. The zero-order chi connectivity index (χ0) is 34.9. The van der Waals surface area contributed by atoms with Crippen molar-refractivity contribution in [1.82, 2.24) is 0 Å². The van der Waals surface area contributed by atoms with E-state index in [2.05, 4.69) is 13.8 Å². The topological polar surface area (TPSA) is 186 Å². The number of ether oxygens (including phenoxy) is 4. The van der Waals surface area contributed by atoms with Gasteiger partial charge in [0, 0.05) is 12.8 Å². The predicted octanol–water partition coefficient (Wildman–Crippen LogP) is 5.39. The number of carbonyl (C=O) groups is 2. The fraction of sp³-hybridized carbons (Fsp3) is 0.941. The summed E-state index contributed by atoms with van der Waals surface area (Å²) in [6.45, 7) is 3.66. The third-order valence-electron chi connectivity index (χ3n) is 8.44. The molecule has 1 rings (SSSR count). The molecule has 0 aromatic carbocycles. The quantitative estimate of drug-likeness (QED) is 0.0445. The maximum absolute atomic E-state index is 12.6. The molecule has 1 heterocycles. The van der Waals surface area contributed by atoms with Crippen LogP contribution in [0, 0.1) is 0 Å². The van der Waals surface area contributed by atoms with Crippen molar-refractivity contribution in [2.24, 2.45) is 0 Å². The Labute approximate surface area is 283 Å². The zero-order valence-corrected chi connectivity index (χ0v) is 29.7. The van der Waals surface area contributed by atoms with E-state index in [1.165, 1.54) is 57.8 Å². The second-order valence-electron chi connectivity index (χ2n) is 12.9. The van der Waals surface area contributed by atoms with Crippen molar-refractivity contribution in [3.8, 4) is 0 Å². The van der Waals surface area contributed by atoms with E-state index in [-0.39, 0.29) is 19.4 Å². The van der Waals surface area contributed by atoms with Gasteiger partial charge in [0.1, 0.15) is 36.8 Å². The van der Waals surface area contributed by atoms with E-state index in [4.69, 9.17) is 23.5 Å². The molecule has 0 saturated carbocycles. The van der Waals surface area contributed by atoms with Gasteiger partial charge >= 0.3 is 11.9 Å². The molecule has 1 aliphatic heterocycles. The van der Waals surface area contributed by atoms with Crippen LogP contribution in [-0.2, 0) is 38.7 Å². The lowest BCUT2D eigenvalue weighted by atomic mass is 10.00. The third-order valence-corrected chi connectivity index (χ3v) is 9.19. The molecular weight excluding hydrogens is 632 g/mol. The summed E-state index contributed by atoms with van der Waals surface area (Å²) < 4.78 is 53.5. The van der Waals surface area contributed by atoms with Gasteiger partial charge in [0.25, 0.3) is 10.1 Å². The van der Waals surface area contributed by atoms with E-state index in [1.807, 2.05) is 0 Å². The molecular formula is C34H64O12S. The Hall–Kier alpha value is -1.35. The molecule has 1 aliphatic rings. The molecule has 0 unspecified atom stereocenters. The smallest absolute Gasteiger partial charge is 0.306 e. The maximum atomic E-state index is 12.6. The van der Waals surface area contributed by atoms with Crippen LogP contribution < -0.4 is 0 Å². The average Bonchev–Trinajstić information content (AvgIpc) is 3.02. The Morgan fingerprint density at radius 3 is 1.55 bits per heavy atom. The summed E-state index contributed by atoms with van der Waals surface area (Å²) in [5, 5.41) is 30.6. The number of hydrogen-bond donors (Lipinski definition) is 4. The number of aliphatic hydroxyl groups excluding tert-OH is 3. The molecule has 0 aliphatic carbocycles. The predicted molar refractivity (Wildman–Crippen MR) is 178 cm³/mol. The molecule has 4 N–H and O–H groups in total. The molecule has 1 saturated heterocycles. The Balaban J connectivity index is 2.53. The lowest BCUT2D eigenvalue weighted by Crippen LogP contribution is -2.60. The van der Waals surface area contributed by atoms with Crippen molar-refractivity contribution in [3.63, 3.8) is 0 Å². The average molecular weight is 697 g/mol. The summed E-state index contributed by atoms with van der Waals surface area (Å²) in [6, 6.07) is 0. The highest BCUT2D eigenvalue weighted by molar-refractivity contribution is 7.85. The first-order valence-corrected chi connectivity index (χ1v) is 19.7. The lowest BCUT2D eigenvalue weighted by molar-refractivity contribution is -0.297. The first kappa shape index (κ1) is 43.7. The molecule has 0 amide bonds. The number of carbonyl (C=O) groups excluding carboxylic acids is 2. The zero-order valence-electron chi connectivity index (χ0n) is 28.9. The Morgan fingerprint density at radius 1 is 0.638 bits per heavy atom. The van der Waals surface area contributed by atoms with Gasteiger partial charge in [-0.3, -0.25) is 14.1 Å². The number of esters is 2. The fourth-order valence-electron chi connectivity index (χ4n) is 5.56. The Morgan fingerprint density at radius 2 is 1.09 bits per heavy atom. The molecule has 0 bridgehead atoms. The van der Waals surface area contributed by atoms with Crippen molar-refractivity contribution in [3.05, 3.63) is 0 Å². The molecule has 0 radical (unpaired) electrons. The van der Waals surface area contributed by atoms with Gasteiger partial charge in [-0.2, -0.15) is 8.42 Å². The van der Waals surface area contributed by atoms with Gasteiger partial charge < -0.3 is 34.3 Å². The highest BCUT2D eigenvalue weighted by Crippen LogP contribution is 2.24. The molecule has 6 atom stereocenters. The van der Waals surface area contributed by atoms with Crippen LogP contribution in [0.5, 0.6) is 0 Å². The second kappa shape index (κ2) is 26.5. The lowest BCUT2D eigenvalue weighted by Gasteiger charge is -2.40. The standard InChI is InChI=1S/C34H64O12S/c1-3-5-7-9-11-12-13-14-15-17-18-20-22-29(35)43-24-27(45-30(36)23-21-19-16-10-8-6-4-2)25-44-34-33(39)32(38)31(37)28(46-34)26-47(40,41)42/h27-28,31-34,37-39H,3-26H2,1-2H3,(H,40,41,42)/t27-,28-,31-,32+,33-,34-/m1/s1. The Bertz CT molecular complexity index is 915. The van der Waals surface area contributed by atoms with E-state index in [0.29, 0.717) is 12.8 Å². The molecule has 1 fully saturated rings. The van der Waals surface area contributed by atoms with Crippen molar-refractivity contribution in [1.29, 1.82) is 0 Å². The van der Waals surface area contributed by atoms with E-state index < -0.39 is 71.2 Å². The van der Waals surface area contributed by atoms with Crippen LogP contribution in [0.3, 0.4) is 0 Å². The minimum absolute atomic E-state index is 0.168. The highest BCUT2D eigenvalue weighted by Gasteiger charge is 2.46. The first-order chi connectivity index (χ1) is 22.5. The minimum Gasteiger partial charge on any atom is -0.462 e. The first-order valence-electron chi connectivity index (χ1n) is 18.1. The van der Waals surface area contributed by atoms with Crippen molar-refractivity contribution in [2.45, 2.75) is 185 Å². The maximum Gasteiger partial charge on any atom is 0.306 e. The molecule has 0 aromatic heterocycles. The van der Waals surface area contributed by atoms with Crippen molar-refractivity contribution in [2.75, 3.05) is 19.0 Å². The second-order valence-corrected chi connectivity index (χ2v) is 14.4. The fourth-order valence-corrected chi connectivity index (χ4v) is 6.25. The molecule has 278 valence electrons. The summed E-state index contributed by atoms with van der Waals surface area (Å²) in [7, 11) is -4.59. The number of unbranched alkanes of at least 4 members (excludes halogenated alkanes) is 17. The van der Waals surface area contributed by atoms with E-state index in [1.54, 1.807) is 0 Å². The van der Waals surface area contributed by atoms with Gasteiger partial charge in [0.2, 0.25) is 0 Å². The number of rotatable bonds is 29. The van der Waals surface area contributed by atoms with Crippen LogP contribution >= 0.6 is 0 Å². The summed E-state index contributed by atoms with van der Waals surface area (Å²) in [5.41, 5.74) is 0. The monoisotopic (exact) mass is 696 g/mol. The molecule has 0 aromatic rings. The van der Waals surface area contributed by atoms with Gasteiger partial charge in [0.15, 0.2) is 12.4 Å². The van der Waals surface area contributed by atoms with Crippen LogP contribution in [0.2, 0.25) is 0 Å². The van der Waals surface area contributed by atoms with Crippen LogP contribution in [0.4, 0.5) is 0 Å². The van der Waals surface area contributed by atoms with Crippen LogP contribution in [-0.4, -0.2) is 96.0 Å². The van der Waals surface area contributed by atoms with Crippen molar-refractivity contribution >= 4 is 22.1 Å². The van der Waals surface area contributed by atoms with E-state index in [0.717, 1.165) is 51.4 Å². The van der Waals surface area contributed by atoms with Gasteiger partial charge in [0.05, 0.1) is 6.61 Å². The van der Waals surface area contributed by atoms with Gasteiger partial charge in [-0.05, 0) is 12.8 Å². The van der Waals surface area contributed by atoms with Gasteiger partial charge in [-0.15, -0.1) is 0 Å².